The number of ether oxygens (including phenoxy) is 3. The average Bonchev–Trinajstić information content (AvgIpc) is 2.76. The number of hydrogen-bond donors (Lipinski definition) is 0. The molecular formula is C21H16F5NO6. The number of benzene rings is 2. The summed E-state index contributed by atoms with van der Waals surface area (Å²) in [6.45, 7) is 1.73. The first-order valence-corrected chi connectivity index (χ1v) is 9.64. The van der Waals surface area contributed by atoms with Crippen LogP contribution in [0.1, 0.15) is 36.5 Å². The molecule has 0 spiro atoms. The van der Waals surface area contributed by atoms with Crippen molar-refractivity contribution in [3.63, 3.8) is 0 Å². The number of rotatable bonds is 8. The lowest BCUT2D eigenvalue weighted by Gasteiger charge is -2.21. The molecule has 0 atom stereocenters. The van der Waals surface area contributed by atoms with Gasteiger partial charge in [0.25, 0.3) is 5.69 Å². The molecule has 0 heterocycles. The van der Waals surface area contributed by atoms with E-state index in [-0.39, 0.29) is 6.61 Å². The zero-order valence-electron chi connectivity index (χ0n) is 17.1. The summed E-state index contributed by atoms with van der Waals surface area (Å²) >= 11 is 0. The van der Waals surface area contributed by atoms with Gasteiger partial charge < -0.3 is 14.2 Å². The van der Waals surface area contributed by atoms with Crippen LogP contribution in [0.25, 0.3) is 0 Å². The van der Waals surface area contributed by atoms with Gasteiger partial charge in [-0.3, -0.25) is 10.1 Å². The summed E-state index contributed by atoms with van der Waals surface area (Å²) < 4.78 is 83.1. The molecule has 2 aromatic carbocycles. The SMILES string of the molecule is CCOC(COC(=O)c1cc(Oc2c(F)c(F)c(F)c(F)c2F)ccc1[N+](=O)[O-])=C1CCC1. The van der Waals surface area contributed by atoms with Crippen LogP contribution in [-0.2, 0) is 9.47 Å². The summed E-state index contributed by atoms with van der Waals surface area (Å²) in [5.74, 6) is -14.3. The van der Waals surface area contributed by atoms with E-state index in [4.69, 9.17) is 14.2 Å². The van der Waals surface area contributed by atoms with Crippen molar-refractivity contribution >= 4 is 11.7 Å². The molecule has 3 rings (SSSR count). The second kappa shape index (κ2) is 9.84. The molecule has 0 amide bonds. The fourth-order valence-corrected chi connectivity index (χ4v) is 2.95. The number of allylic oxidation sites excluding steroid dienone is 1. The van der Waals surface area contributed by atoms with Gasteiger partial charge in [0.15, 0.2) is 0 Å². The van der Waals surface area contributed by atoms with E-state index in [0.29, 0.717) is 18.4 Å². The van der Waals surface area contributed by atoms with Gasteiger partial charge in [-0.05, 0) is 37.8 Å². The van der Waals surface area contributed by atoms with Crippen molar-refractivity contribution in [2.24, 2.45) is 0 Å². The molecule has 0 aliphatic heterocycles. The Labute approximate surface area is 183 Å². The molecule has 1 fully saturated rings. The van der Waals surface area contributed by atoms with Crippen molar-refractivity contribution in [2.75, 3.05) is 13.2 Å². The van der Waals surface area contributed by atoms with Gasteiger partial charge in [0.1, 0.15) is 23.7 Å². The van der Waals surface area contributed by atoms with E-state index >= 15 is 0 Å². The molecule has 0 unspecified atom stereocenters. The maximum absolute atomic E-state index is 13.9. The Morgan fingerprint density at radius 1 is 1.00 bits per heavy atom. The molecular weight excluding hydrogens is 457 g/mol. The number of esters is 1. The van der Waals surface area contributed by atoms with Crippen LogP contribution in [0, 0.1) is 39.2 Å². The van der Waals surface area contributed by atoms with Gasteiger partial charge in [-0.15, -0.1) is 0 Å². The Balaban J connectivity index is 1.91. The molecule has 0 N–H and O–H groups in total. The topological polar surface area (TPSA) is 87.9 Å². The Hall–Kier alpha value is -3.70. The third-order valence-corrected chi connectivity index (χ3v) is 4.78. The molecule has 0 saturated heterocycles. The Bertz CT molecular complexity index is 1120. The number of hydrogen-bond acceptors (Lipinski definition) is 6. The molecule has 12 heteroatoms. The zero-order chi connectivity index (χ0) is 24.3. The third kappa shape index (κ3) is 4.89. The quantitative estimate of drug-likeness (QED) is 0.0928. The van der Waals surface area contributed by atoms with Crippen molar-refractivity contribution in [3.05, 3.63) is 74.3 Å². The van der Waals surface area contributed by atoms with E-state index in [0.717, 1.165) is 37.0 Å². The number of carbonyl (C=O) groups is 1. The Kier molecular flexibility index (Phi) is 7.14. The molecule has 1 aliphatic carbocycles. The van der Waals surface area contributed by atoms with Crippen molar-refractivity contribution in [3.8, 4) is 11.5 Å². The van der Waals surface area contributed by atoms with Crippen molar-refractivity contribution in [2.45, 2.75) is 26.2 Å². The number of nitro benzene ring substituents is 1. The Morgan fingerprint density at radius 3 is 2.12 bits per heavy atom. The van der Waals surface area contributed by atoms with Gasteiger partial charge in [-0.1, -0.05) is 0 Å². The van der Waals surface area contributed by atoms with Crippen molar-refractivity contribution < 1.29 is 45.9 Å². The van der Waals surface area contributed by atoms with Crippen LogP contribution in [0.15, 0.2) is 29.5 Å². The molecule has 0 radical (unpaired) electrons. The summed E-state index contributed by atoms with van der Waals surface area (Å²) in [6.07, 6.45) is 2.47. The van der Waals surface area contributed by atoms with Gasteiger partial charge >= 0.3 is 5.97 Å². The predicted octanol–water partition coefficient (Wildman–Crippen LogP) is 5.71. The van der Waals surface area contributed by atoms with E-state index in [2.05, 4.69) is 0 Å². The predicted molar refractivity (Wildman–Crippen MR) is 102 cm³/mol. The van der Waals surface area contributed by atoms with Crippen LogP contribution in [-0.4, -0.2) is 24.1 Å². The van der Waals surface area contributed by atoms with Crippen LogP contribution >= 0.6 is 0 Å². The maximum Gasteiger partial charge on any atom is 0.345 e. The monoisotopic (exact) mass is 473 g/mol. The lowest BCUT2D eigenvalue weighted by Crippen LogP contribution is -2.15. The summed E-state index contributed by atoms with van der Waals surface area (Å²) in [4.78, 5) is 22.9. The standard InChI is InChI=1S/C21H16F5NO6/c1-2-31-14(10-4-3-5-10)9-32-21(28)12-8-11(6-7-13(12)27(29)30)33-20-18(25)16(23)15(22)17(24)19(20)26/h6-8H,2-5,9H2,1H3. The lowest BCUT2D eigenvalue weighted by molar-refractivity contribution is -0.385. The van der Waals surface area contributed by atoms with Crippen LogP contribution in [0.2, 0.25) is 0 Å². The second-order valence-electron chi connectivity index (χ2n) is 6.83. The summed E-state index contributed by atoms with van der Waals surface area (Å²) in [5.41, 5.74) is -0.433. The first kappa shape index (κ1) is 24.0. The second-order valence-corrected chi connectivity index (χ2v) is 6.83. The smallest absolute Gasteiger partial charge is 0.345 e. The van der Waals surface area contributed by atoms with Crippen LogP contribution in [0.4, 0.5) is 27.6 Å². The molecule has 1 saturated carbocycles. The fourth-order valence-electron chi connectivity index (χ4n) is 2.95. The highest BCUT2D eigenvalue weighted by atomic mass is 19.2. The van der Waals surface area contributed by atoms with E-state index in [1.165, 1.54) is 0 Å². The van der Waals surface area contributed by atoms with Gasteiger partial charge in [0.2, 0.25) is 34.8 Å². The first-order valence-electron chi connectivity index (χ1n) is 9.64. The van der Waals surface area contributed by atoms with Gasteiger partial charge in [0, 0.05) is 12.1 Å². The largest absolute Gasteiger partial charge is 0.495 e. The molecule has 0 aromatic heterocycles. The highest BCUT2D eigenvalue weighted by molar-refractivity contribution is 5.94. The minimum atomic E-state index is -2.38. The highest BCUT2D eigenvalue weighted by Gasteiger charge is 2.29. The van der Waals surface area contributed by atoms with Crippen LogP contribution in [0.5, 0.6) is 11.5 Å². The van der Waals surface area contributed by atoms with E-state index in [9.17, 15) is 36.9 Å². The fraction of sp³-hybridized carbons (Fsp3) is 0.286. The van der Waals surface area contributed by atoms with Crippen LogP contribution in [0.3, 0.4) is 0 Å². The summed E-state index contributed by atoms with van der Waals surface area (Å²) in [5, 5.41) is 11.3. The molecule has 176 valence electrons. The Morgan fingerprint density at radius 2 is 1.61 bits per heavy atom. The number of carbonyl (C=O) groups excluding carboxylic acids is 1. The van der Waals surface area contributed by atoms with E-state index in [1.54, 1.807) is 6.92 Å². The first-order chi connectivity index (χ1) is 15.6. The highest BCUT2D eigenvalue weighted by Crippen LogP contribution is 2.35. The average molecular weight is 473 g/mol. The zero-order valence-corrected chi connectivity index (χ0v) is 17.1. The van der Waals surface area contributed by atoms with Crippen molar-refractivity contribution in [1.82, 2.24) is 0 Å². The number of halogens is 5. The molecule has 0 bridgehead atoms. The van der Waals surface area contributed by atoms with Crippen molar-refractivity contribution in [1.29, 1.82) is 0 Å². The van der Waals surface area contributed by atoms with E-state index < -0.39 is 62.7 Å². The number of nitro groups is 1. The molecule has 7 nitrogen and oxygen atoms in total. The van der Waals surface area contributed by atoms with Gasteiger partial charge in [0.05, 0.1) is 11.5 Å². The van der Waals surface area contributed by atoms with E-state index in [1.807, 2.05) is 0 Å². The van der Waals surface area contributed by atoms with Crippen LogP contribution < -0.4 is 4.74 Å². The molecule has 2 aromatic rings. The minimum Gasteiger partial charge on any atom is -0.495 e. The summed E-state index contributed by atoms with van der Waals surface area (Å²) in [7, 11) is 0. The lowest BCUT2D eigenvalue weighted by atomic mass is 9.91. The molecule has 33 heavy (non-hydrogen) atoms. The number of nitrogens with zero attached hydrogens (tertiary/aromatic N) is 1. The summed E-state index contributed by atoms with van der Waals surface area (Å²) in [6, 6.07) is 2.30. The third-order valence-electron chi connectivity index (χ3n) is 4.78. The minimum absolute atomic E-state index is 0.304. The molecule has 1 aliphatic rings. The van der Waals surface area contributed by atoms with Gasteiger partial charge in [-0.2, -0.15) is 8.78 Å². The normalized spacial score (nSPS) is 12.7. The van der Waals surface area contributed by atoms with Gasteiger partial charge in [-0.25, -0.2) is 18.0 Å². The maximum atomic E-state index is 13.9.